The first kappa shape index (κ1) is 23.3. The van der Waals surface area contributed by atoms with E-state index in [2.05, 4.69) is 5.10 Å². The standard InChI is InChI=1S/C23H22F2N2O4S/c1-15(2)5-4-12-31-22-19(16-6-9-18(10-7-16)32(3,29)30)14-26-27(23(22)28)17-8-11-20(24)21(25)13-17/h5-11,13-14H,4,12H2,1-3H3. The molecule has 0 amide bonds. The lowest BCUT2D eigenvalue weighted by molar-refractivity contribution is 0.318. The fourth-order valence-corrected chi connectivity index (χ4v) is 3.60. The first-order chi connectivity index (χ1) is 15.1. The van der Waals surface area contributed by atoms with Crippen LogP contribution in [0.15, 0.2) is 70.0 Å². The highest BCUT2D eigenvalue weighted by molar-refractivity contribution is 7.90. The molecular weight excluding hydrogens is 438 g/mol. The van der Waals surface area contributed by atoms with Gasteiger partial charge in [0, 0.05) is 17.9 Å². The molecule has 0 unspecified atom stereocenters. The molecule has 1 heterocycles. The normalized spacial score (nSPS) is 11.3. The van der Waals surface area contributed by atoms with E-state index in [1.807, 2.05) is 19.9 Å². The minimum Gasteiger partial charge on any atom is -0.487 e. The van der Waals surface area contributed by atoms with Gasteiger partial charge >= 0.3 is 5.56 Å². The van der Waals surface area contributed by atoms with E-state index in [1.165, 1.54) is 24.4 Å². The zero-order chi connectivity index (χ0) is 23.5. The molecule has 0 bridgehead atoms. The molecule has 3 rings (SSSR count). The van der Waals surface area contributed by atoms with E-state index in [4.69, 9.17) is 4.74 Å². The number of rotatable bonds is 7. The predicted octanol–water partition coefficient (Wildman–Crippen LogP) is 4.32. The van der Waals surface area contributed by atoms with Crippen LogP contribution in [0.3, 0.4) is 0 Å². The summed E-state index contributed by atoms with van der Waals surface area (Å²) < 4.78 is 57.2. The average Bonchev–Trinajstić information content (AvgIpc) is 2.73. The molecule has 0 atom stereocenters. The van der Waals surface area contributed by atoms with Crippen LogP contribution in [0.1, 0.15) is 20.3 Å². The van der Waals surface area contributed by atoms with Crippen molar-refractivity contribution in [3.63, 3.8) is 0 Å². The smallest absolute Gasteiger partial charge is 0.314 e. The number of halogens is 2. The zero-order valence-corrected chi connectivity index (χ0v) is 18.6. The highest BCUT2D eigenvalue weighted by atomic mass is 32.2. The van der Waals surface area contributed by atoms with Crippen LogP contribution in [0.4, 0.5) is 8.78 Å². The summed E-state index contributed by atoms with van der Waals surface area (Å²) in [5.74, 6) is -2.18. The van der Waals surface area contributed by atoms with E-state index in [0.717, 1.165) is 28.6 Å². The number of benzene rings is 2. The Morgan fingerprint density at radius 1 is 1.09 bits per heavy atom. The largest absolute Gasteiger partial charge is 0.487 e. The van der Waals surface area contributed by atoms with Gasteiger partial charge in [0.25, 0.3) is 0 Å². The summed E-state index contributed by atoms with van der Waals surface area (Å²) >= 11 is 0. The second-order valence-corrected chi connectivity index (χ2v) is 9.43. The van der Waals surface area contributed by atoms with Gasteiger partial charge in [-0.3, -0.25) is 4.79 Å². The van der Waals surface area contributed by atoms with Crippen LogP contribution in [0.25, 0.3) is 16.8 Å². The highest BCUT2D eigenvalue weighted by Gasteiger charge is 2.17. The summed E-state index contributed by atoms with van der Waals surface area (Å²) in [6.45, 7) is 4.09. The van der Waals surface area contributed by atoms with Crippen molar-refractivity contribution < 1.29 is 21.9 Å². The number of hydrogen-bond donors (Lipinski definition) is 0. The molecule has 9 heteroatoms. The van der Waals surface area contributed by atoms with Crippen molar-refractivity contribution >= 4 is 9.84 Å². The van der Waals surface area contributed by atoms with Gasteiger partial charge in [-0.25, -0.2) is 17.2 Å². The Labute approximate surface area is 184 Å². The number of ether oxygens (including phenoxy) is 1. The van der Waals surface area contributed by atoms with E-state index in [0.29, 0.717) is 17.5 Å². The summed E-state index contributed by atoms with van der Waals surface area (Å²) in [4.78, 5) is 13.3. The van der Waals surface area contributed by atoms with Crippen LogP contribution in [0, 0.1) is 11.6 Å². The Kier molecular flexibility index (Phi) is 6.88. The van der Waals surface area contributed by atoms with Gasteiger partial charge in [-0.2, -0.15) is 9.78 Å². The first-order valence-electron chi connectivity index (χ1n) is 9.72. The predicted molar refractivity (Wildman–Crippen MR) is 118 cm³/mol. The SMILES string of the molecule is CC(C)=CCCOc1c(-c2ccc(S(C)(=O)=O)cc2)cnn(-c2ccc(F)c(F)c2)c1=O. The summed E-state index contributed by atoms with van der Waals surface area (Å²) in [6, 6.07) is 8.98. The fraction of sp³-hybridized carbons (Fsp3) is 0.217. The Balaban J connectivity index is 2.09. The van der Waals surface area contributed by atoms with Crippen molar-refractivity contribution in [2.45, 2.75) is 25.2 Å². The minimum atomic E-state index is -3.38. The topological polar surface area (TPSA) is 78.3 Å². The Bertz CT molecular complexity index is 1330. The molecule has 32 heavy (non-hydrogen) atoms. The minimum absolute atomic E-state index is 0.0287. The molecule has 168 valence electrons. The summed E-state index contributed by atoms with van der Waals surface area (Å²) in [5.41, 5.74) is 1.36. The molecule has 1 aromatic heterocycles. The van der Waals surface area contributed by atoms with Crippen molar-refractivity contribution in [3.8, 4) is 22.6 Å². The van der Waals surface area contributed by atoms with Gasteiger partial charge in [0.05, 0.1) is 23.4 Å². The average molecular weight is 461 g/mol. The number of aromatic nitrogens is 2. The van der Waals surface area contributed by atoms with Crippen molar-refractivity contribution in [3.05, 3.63) is 82.3 Å². The second kappa shape index (κ2) is 9.44. The van der Waals surface area contributed by atoms with E-state index >= 15 is 0 Å². The first-order valence-corrected chi connectivity index (χ1v) is 11.6. The highest BCUT2D eigenvalue weighted by Crippen LogP contribution is 2.28. The number of nitrogens with zero attached hydrogens (tertiary/aromatic N) is 2. The summed E-state index contributed by atoms with van der Waals surface area (Å²) in [6.07, 6.45) is 4.98. The molecule has 3 aromatic rings. The van der Waals surface area contributed by atoms with E-state index in [1.54, 1.807) is 12.1 Å². The summed E-state index contributed by atoms with van der Waals surface area (Å²) in [5, 5.41) is 4.09. The third-order valence-electron chi connectivity index (χ3n) is 4.59. The van der Waals surface area contributed by atoms with Gasteiger partial charge < -0.3 is 4.74 Å². The van der Waals surface area contributed by atoms with Gasteiger partial charge in [-0.05, 0) is 50.1 Å². The number of allylic oxidation sites excluding steroid dienone is 1. The van der Waals surface area contributed by atoms with Crippen molar-refractivity contribution in [2.75, 3.05) is 12.9 Å². The molecule has 0 aliphatic rings. The van der Waals surface area contributed by atoms with Crippen LogP contribution < -0.4 is 10.3 Å². The zero-order valence-electron chi connectivity index (χ0n) is 17.8. The van der Waals surface area contributed by atoms with Gasteiger partial charge in [-0.1, -0.05) is 23.8 Å². The molecule has 0 aliphatic heterocycles. The maximum absolute atomic E-state index is 13.7. The van der Waals surface area contributed by atoms with Crippen LogP contribution in [-0.4, -0.2) is 31.1 Å². The number of hydrogen-bond acceptors (Lipinski definition) is 5. The Hall–Kier alpha value is -3.33. The van der Waals surface area contributed by atoms with Crippen molar-refractivity contribution in [1.29, 1.82) is 0 Å². The molecule has 0 saturated carbocycles. The molecule has 0 radical (unpaired) electrons. The molecule has 0 N–H and O–H groups in total. The maximum atomic E-state index is 13.7. The quantitative estimate of drug-likeness (QED) is 0.388. The molecule has 0 aliphatic carbocycles. The fourth-order valence-electron chi connectivity index (χ4n) is 2.97. The lowest BCUT2D eigenvalue weighted by Gasteiger charge is -2.13. The van der Waals surface area contributed by atoms with Crippen molar-refractivity contribution in [1.82, 2.24) is 9.78 Å². The second-order valence-electron chi connectivity index (χ2n) is 7.42. The molecular formula is C23H22F2N2O4S. The van der Waals surface area contributed by atoms with Crippen LogP contribution >= 0.6 is 0 Å². The summed E-state index contributed by atoms with van der Waals surface area (Å²) in [7, 11) is -3.38. The van der Waals surface area contributed by atoms with E-state index in [-0.39, 0.29) is 22.9 Å². The van der Waals surface area contributed by atoms with Gasteiger partial charge in [-0.15, -0.1) is 0 Å². The third-order valence-corrected chi connectivity index (χ3v) is 5.72. The van der Waals surface area contributed by atoms with Gasteiger partial charge in [0.1, 0.15) is 0 Å². The molecule has 0 fully saturated rings. The van der Waals surface area contributed by atoms with Crippen LogP contribution in [-0.2, 0) is 9.84 Å². The molecule has 0 saturated heterocycles. The van der Waals surface area contributed by atoms with Crippen molar-refractivity contribution in [2.24, 2.45) is 0 Å². The van der Waals surface area contributed by atoms with E-state index in [9.17, 15) is 22.0 Å². The molecule has 6 nitrogen and oxygen atoms in total. The van der Waals surface area contributed by atoms with Gasteiger partial charge in [0.15, 0.2) is 27.2 Å². The monoisotopic (exact) mass is 460 g/mol. The lowest BCUT2D eigenvalue weighted by Crippen LogP contribution is -2.24. The van der Waals surface area contributed by atoms with E-state index < -0.39 is 27.0 Å². The molecule has 0 spiro atoms. The molecule has 2 aromatic carbocycles. The van der Waals surface area contributed by atoms with Crippen LogP contribution in [0.5, 0.6) is 5.75 Å². The third kappa shape index (κ3) is 5.28. The van der Waals surface area contributed by atoms with Crippen LogP contribution in [0.2, 0.25) is 0 Å². The maximum Gasteiger partial charge on any atom is 0.314 e. The Morgan fingerprint density at radius 2 is 1.78 bits per heavy atom. The number of sulfone groups is 1. The lowest BCUT2D eigenvalue weighted by atomic mass is 10.1. The Morgan fingerprint density at radius 3 is 2.38 bits per heavy atom. The van der Waals surface area contributed by atoms with Gasteiger partial charge in [0.2, 0.25) is 0 Å².